The molecule has 0 bridgehead atoms. The SMILES string of the molecule is N#Cc1cc(-n2c3ccccc3c3cc(-n4c5ccccc5c5ccccc54)c(-n4c5ccccc5c5ccccc54)cc32)c(C#N)cc1-n1c2ccccc2c2ccccc21. The third-order valence-corrected chi connectivity index (χ3v) is 12.8. The summed E-state index contributed by atoms with van der Waals surface area (Å²) in [6.07, 6.45) is 0. The lowest BCUT2D eigenvalue weighted by atomic mass is 10.1. The second-order valence-electron chi connectivity index (χ2n) is 15.9. The van der Waals surface area contributed by atoms with E-state index in [0.717, 1.165) is 77.1 Å². The van der Waals surface area contributed by atoms with Crippen molar-refractivity contribution in [1.29, 1.82) is 10.5 Å². The average Bonchev–Trinajstić information content (AvgIpc) is 4.05. The fraction of sp³-hybridized carbons (Fsp3) is 0. The molecule has 4 heterocycles. The van der Waals surface area contributed by atoms with Crippen LogP contribution in [0.3, 0.4) is 0 Å². The molecule has 6 heteroatoms. The van der Waals surface area contributed by atoms with Gasteiger partial charge in [-0.05, 0) is 66.7 Å². The molecule has 0 atom stereocenters. The predicted molar refractivity (Wildman–Crippen MR) is 253 cm³/mol. The largest absolute Gasteiger partial charge is 0.308 e. The number of benzene rings is 9. The molecule has 286 valence electrons. The number of aromatic nitrogens is 4. The highest BCUT2D eigenvalue weighted by molar-refractivity contribution is 6.15. The van der Waals surface area contributed by atoms with E-state index in [2.05, 4.69) is 182 Å². The zero-order valence-electron chi connectivity index (χ0n) is 33.2. The molecule has 9 aromatic carbocycles. The van der Waals surface area contributed by atoms with Gasteiger partial charge in [0.05, 0.1) is 78.0 Å². The van der Waals surface area contributed by atoms with Crippen molar-refractivity contribution in [2.24, 2.45) is 0 Å². The number of hydrogen-bond acceptors (Lipinski definition) is 2. The van der Waals surface area contributed by atoms with Gasteiger partial charge in [0.2, 0.25) is 0 Å². The summed E-state index contributed by atoms with van der Waals surface area (Å²) in [5.41, 5.74) is 12.5. The molecule has 0 fully saturated rings. The van der Waals surface area contributed by atoms with Gasteiger partial charge < -0.3 is 18.3 Å². The summed E-state index contributed by atoms with van der Waals surface area (Å²) in [5, 5.41) is 31.1. The maximum Gasteiger partial charge on any atom is 0.101 e. The molecule has 13 rings (SSSR count). The van der Waals surface area contributed by atoms with Crippen molar-refractivity contribution >= 4 is 87.2 Å². The van der Waals surface area contributed by atoms with E-state index in [4.69, 9.17) is 0 Å². The fourth-order valence-electron chi connectivity index (χ4n) is 10.3. The first-order valence-corrected chi connectivity index (χ1v) is 20.7. The summed E-state index contributed by atoms with van der Waals surface area (Å²) in [4.78, 5) is 0. The summed E-state index contributed by atoms with van der Waals surface area (Å²) in [6, 6.07) is 72.9. The van der Waals surface area contributed by atoms with Crippen molar-refractivity contribution in [3.8, 4) is 34.9 Å². The molecular formula is C56H32N6. The quantitative estimate of drug-likeness (QED) is 0.178. The van der Waals surface area contributed by atoms with E-state index in [9.17, 15) is 10.5 Å². The minimum Gasteiger partial charge on any atom is -0.308 e. The molecule has 0 unspecified atom stereocenters. The van der Waals surface area contributed by atoms with Crippen LogP contribution in [0, 0.1) is 22.7 Å². The highest BCUT2D eigenvalue weighted by Crippen LogP contribution is 2.43. The number of nitrogens with zero attached hydrogens (tertiary/aromatic N) is 6. The van der Waals surface area contributed by atoms with Gasteiger partial charge in [-0.15, -0.1) is 0 Å². The third kappa shape index (κ3) is 4.55. The van der Waals surface area contributed by atoms with Crippen LogP contribution in [0.25, 0.3) is 110 Å². The van der Waals surface area contributed by atoms with Gasteiger partial charge in [0.25, 0.3) is 0 Å². The summed E-state index contributed by atoms with van der Waals surface area (Å²) in [5.74, 6) is 0. The first kappa shape index (κ1) is 34.1. The number of nitriles is 2. The number of rotatable bonds is 4. The summed E-state index contributed by atoms with van der Waals surface area (Å²) in [7, 11) is 0. The van der Waals surface area contributed by atoms with Crippen molar-refractivity contribution in [2.45, 2.75) is 0 Å². The maximum absolute atomic E-state index is 11.1. The van der Waals surface area contributed by atoms with Crippen LogP contribution in [0.15, 0.2) is 194 Å². The van der Waals surface area contributed by atoms with E-state index in [1.54, 1.807) is 0 Å². The smallest absolute Gasteiger partial charge is 0.101 e. The lowest BCUT2D eigenvalue weighted by Crippen LogP contribution is -2.06. The van der Waals surface area contributed by atoms with Gasteiger partial charge in [-0.1, -0.05) is 127 Å². The van der Waals surface area contributed by atoms with Crippen molar-refractivity contribution in [2.75, 3.05) is 0 Å². The predicted octanol–water partition coefficient (Wildman–Crippen LogP) is 13.8. The van der Waals surface area contributed by atoms with E-state index >= 15 is 0 Å². The molecule has 13 aromatic rings. The second kappa shape index (κ2) is 12.8. The van der Waals surface area contributed by atoms with E-state index in [1.165, 1.54) is 21.5 Å². The van der Waals surface area contributed by atoms with Crippen molar-refractivity contribution in [3.63, 3.8) is 0 Å². The first-order valence-electron chi connectivity index (χ1n) is 20.7. The van der Waals surface area contributed by atoms with E-state index in [-0.39, 0.29) is 0 Å². The Labute approximate surface area is 354 Å². The summed E-state index contributed by atoms with van der Waals surface area (Å²) < 4.78 is 9.11. The molecule has 62 heavy (non-hydrogen) atoms. The van der Waals surface area contributed by atoms with Crippen LogP contribution < -0.4 is 0 Å². The van der Waals surface area contributed by atoms with Crippen molar-refractivity contribution < 1.29 is 0 Å². The lowest BCUT2D eigenvalue weighted by Gasteiger charge is -2.19. The molecule has 0 amide bonds. The molecule has 6 nitrogen and oxygen atoms in total. The zero-order chi connectivity index (χ0) is 41.1. The molecule has 0 saturated carbocycles. The van der Waals surface area contributed by atoms with E-state index < -0.39 is 0 Å². The number of hydrogen-bond donors (Lipinski definition) is 0. The molecule has 0 saturated heterocycles. The first-order chi connectivity index (χ1) is 30.7. The van der Waals surface area contributed by atoms with Crippen LogP contribution in [-0.4, -0.2) is 18.3 Å². The molecule has 0 aliphatic rings. The van der Waals surface area contributed by atoms with Crippen molar-refractivity contribution in [1.82, 2.24) is 18.3 Å². The van der Waals surface area contributed by atoms with Gasteiger partial charge in [-0.3, -0.25) is 0 Å². The highest BCUT2D eigenvalue weighted by Gasteiger charge is 2.25. The number of fused-ring (bicyclic) bond motifs is 12. The van der Waals surface area contributed by atoms with Crippen LogP contribution in [0.5, 0.6) is 0 Å². The molecule has 0 N–H and O–H groups in total. The van der Waals surface area contributed by atoms with Gasteiger partial charge in [0.15, 0.2) is 0 Å². The monoisotopic (exact) mass is 788 g/mol. The van der Waals surface area contributed by atoms with E-state index in [1.807, 2.05) is 42.5 Å². The fourth-order valence-corrected chi connectivity index (χ4v) is 10.3. The van der Waals surface area contributed by atoms with Gasteiger partial charge in [0.1, 0.15) is 12.1 Å². The van der Waals surface area contributed by atoms with Crippen LogP contribution in [-0.2, 0) is 0 Å². The van der Waals surface area contributed by atoms with Crippen LogP contribution in [0.1, 0.15) is 11.1 Å². The van der Waals surface area contributed by atoms with Crippen LogP contribution >= 0.6 is 0 Å². The molecule has 0 spiro atoms. The normalized spacial score (nSPS) is 11.8. The van der Waals surface area contributed by atoms with Gasteiger partial charge in [-0.2, -0.15) is 10.5 Å². The van der Waals surface area contributed by atoms with Crippen LogP contribution in [0.2, 0.25) is 0 Å². The Hall–Kier alpha value is -8.84. The summed E-state index contributed by atoms with van der Waals surface area (Å²) in [6.45, 7) is 0. The second-order valence-corrected chi connectivity index (χ2v) is 15.9. The molecule has 4 aromatic heterocycles. The average molecular weight is 789 g/mol. The lowest BCUT2D eigenvalue weighted by molar-refractivity contribution is 1.09. The number of para-hydroxylation sites is 7. The third-order valence-electron chi connectivity index (χ3n) is 12.8. The Morgan fingerprint density at radius 1 is 0.242 bits per heavy atom. The van der Waals surface area contributed by atoms with Gasteiger partial charge in [-0.25, -0.2) is 0 Å². The molecule has 0 aliphatic carbocycles. The minimum atomic E-state index is 0.466. The van der Waals surface area contributed by atoms with Crippen molar-refractivity contribution in [3.05, 3.63) is 205 Å². The Morgan fingerprint density at radius 3 is 0.790 bits per heavy atom. The van der Waals surface area contributed by atoms with Gasteiger partial charge in [0, 0.05) is 43.1 Å². The van der Waals surface area contributed by atoms with Crippen LogP contribution in [0.4, 0.5) is 0 Å². The zero-order valence-corrected chi connectivity index (χ0v) is 33.2. The van der Waals surface area contributed by atoms with E-state index in [0.29, 0.717) is 22.5 Å². The molecule has 0 aliphatic heterocycles. The maximum atomic E-state index is 11.1. The Kier molecular flexibility index (Phi) is 7.05. The Bertz CT molecular complexity index is 3980. The standard InChI is InChI=1S/C56H32N6/c57-33-35-30-53(36(34-58)29-52(35)59-45-22-8-1-15-37(45)38-16-2-9-23-46(38)59)62-51-28-14-7-21-43(51)44-31-55(60-47-24-10-3-17-39(47)40-18-4-11-25-48(40)60)56(32-54(44)62)61-49-26-12-5-19-41(49)42-20-6-13-27-50(42)61/h1-32H. The Balaban J connectivity index is 1.18. The molecular weight excluding hydrogens is 757 g/mol. The highest BCUT2D eigenvalue weighted by atomic mass is 15.1. The summed E-state index contributed by atoms with van der Waals surface area (Å²) >= 11 is 0. The molecule has 0 radical (unpaired) electrons. The van der Waals surface area contributed by atoms with Gasteiger partial charge >= 0.3 is 0 Å². The Morgan fingerprint density at radius 2 is 0.484 bits per heavy atom. The topological polar surface area (TPSA) is 67.3 Å². The minimum absolute atomic E-state index is 0.466.